The Morgan fingerprint density at radius 1 is 1.60 bits per heavy atom. The van der Waals surface area contributed by atoms with Crippen LogP contribution in [0.25, 0.3) is 0 Å². The molecule has 0 unspecified atom stereocenters. The third-order valence-electron chi connectivity index (χ3n) is 2.68. The summed E-state index contributed by atoms with van der Waals surface area (Å²) in [5.41, 5.74) is 1.35. The molecule has 82 valence electrons. The molecule has 1 fully saturated rings. The number of amides is 1. The van der Waals surface area contributed by atoms with Crippen LogP contribution in [-0.2, 0) is 0 Å². The molecule has 2 rings (SSSR count). The van der Waals surface area contributed by atoms with E-state index in [2.05, 4.69) is 10.2 Å². The van der Waals surface area contributed by atoms with E-state index >= 15 is 0 Å². The molecular weight excluding hydrogens is 194 g/mol. The molecule has 2 N–H and O–H groups in total. The topological polar surface area (TPSA) is 69.2 Å². The van der Waals surface area contributed by atoms with Crippen LogP contribution in [-0.4, -0.2) is 45.3 Å². The van der Waals surface area contributed by atoms with Crippen molar-refractivity contribution in [2.24, 2.45) is 0 Å². The van der Waals surface area contributed by atoms with Crippen LogP contribution in [0.3, 0.4) is 0 Å². The fourth-order valence-electron chi connectivity index (χ4n) is 1.76. The first-order valence-electron chi connectivity index (χ1n) is 5.16. The van der Waals surface area contributed by atoms with Crippen molar-refractivity contribution in [3.63, 3.8) is 0 Å². The number of hydrogen-bond donors (Lipinski definition) is 2. The smallest absolute Gasteiger partial charge is 0.274 e. The van der Waals surface area contributed by atoms with Crippen LogP contribution in [0.15, 0.2) is 6.07 Å². The molecule has 15 heavy (non-hydrogen) atoms. The zero-order chi connectivity index (χ0) is 10.8. The number of nitrogens with zero attached hydrogens (tertiary/aromatic N) is 2. The predicted octanol–water partition coefficient (Wildman–Crippen LogP) is 0.315. The summed E-state index contributed by atoms with van der Waals surface area (Å²) in [6.45, 7) is 3.10. The number of H-pyrrole nitrogens is 1. The van der Waals surface area contributed by atoms with Crippen molar-refractivity contribution >= 4 is 5.91 Å². The highest BCUT2D eigenvalue weighted by atomic mass is 16.3. The second-order valence-corrected chi connectivity index (χ2v) is 3.96. The molecule has 1 amide bonds. The van der Waals surface area contributed by atoms with Crippen molar-refractivity contribution in [2.45, 2.75) is 25.9 Å². The van der Waals surface area contributed by atoms with Gasteiger partial charge in [0.2, 0.25) is 0 Å². The van der Waals surface area contributed by atoms with Crippen molar-refractivity contribution in [1.82, 2.24) is 15.1 Å². The van der Waals surface area contributed by atoms with Crippen molar-refractivity contribution in [2.75, 3.05) is 13.1 Å². The molecule has 0 spiro atoms. The van der Waals surface area contributed by atoms with Crippen molar-refractivity contribution in [1.29, 1.82) is 0 Å². The van der Waals surface area contributed by atoms with Gasteiger partial charge in [-0.2, -0.15) is 5.10 Å². The van der Waals surface area contributed by atoms with Crippen LogP contribution >= 0.6 is 0 Å². The maximum atomic E-state index is 11.9. The summed E-state index contributed by atoms with van der Waals surface area (Å²) in [6, 6.07) is 1.74. The summed E-state index contributed by atoms with van der Waals surface area (Å²) in [5, 5.41) is 16.0. The number of aromatic amines is 1. The van der Waals surface area contributed by atoms with Gasteiger partial charge in [0.25, 0.3) is 5.91 Å². The molecule has 1 aliphatic heterocycles. The van der Waals surface area contributed by atoms with Crippen LogP contribution in [0.5, 0.6) is 0 Å². The third kappa shape index (κ3) is 2.18. The number of aliphatic hydroxyl groups excluding tert-OH is 1. The molecule has 0 aromatic carbocycles. The zero-order valence-electron chi connectivity index (χ0n) is 8.73. The molecular formula is C10H15N3O2. The molecule has 1 aromatic rings. The van der Waals surface area contributed by atoms with Gasteiger partial charge >= 0.3 is 0 Å². The van der Waals surface area contributed by atoms with Gasteiger partial charge in [0.15, 0.2) is 0 Å². The Bertz CT molecular complexity index is 353. The Labute approximate surface area is 88.1 Å². The maximum Gasteiger partial charge on any atom is 0.274 e. The van der Waals surface area contributed by atoms with Crippen molar-refractivity contribution in [3.05, 3.63) is 17.5 Å². The Morgan fingerprint density at radius 3 is 2.80 bits per heavy atom. The lowest BCUT2D eigenvalue weighted by Crippen LogP contribution is -2.40. The van der Waals surface area contributed by atoms with E-state index < -0.39 is 0 Å². The van der Waals surface area contributed by atoms with E-state index in [0.29, 0.717) is 31.6 Å². The van der Waals surface area contributed by atoms with Crippen LogP contribution < -0.4 is 0 Å². The van der Waals surface area contributed by atoms with Gasteiger partial charge in [0, 0.05) is 18.8 Å². The van der Waals surface area contributed by atoms with Crippen molar-refractivity contribution < 1.29 is 9.90 Å². The lowest BCUT2D eigenvalue weighted by molar-refractivity contribution is 0.0541. The number of aromatic nitrogens is 2. The molecule has 0 aliphatic carbocycles. The average molecular weight is 209 g/mol. The van der Waals surface area contributed by atoms with Crippen LogP contribution in [0.2, 0.25) is 0 Å². The number of rotatable bonds is 1. The molecule has 0 bridgehead atoms. The van der Waals surface area contributed by atoms with E-state index in [1.807, 2.05) is 6.92 Å². The molecule has 2 heterocycles. The Morgan fingerprint density at radius 2 is 2.27 bits per heavy atom. The Balaban J connectivity index is 2.02. The van der Waals surface area contributed by atoms with E-state index in [4.69, 9.17) is 0 Å². The minimum absolute atomic E-state index is 0.0498. The number of piperidine rings is 1. The number of carbonyl (C=O) groups is 1. The number of aryl methyl sites for hydroxylation is 1. The van der Waals surface area contributed by atoms with Crippen LogP contribution in [0.1, 0.15) is 29.0 Å². The summed E-state index contributed by atoms with van der Waals surface area (Å²) >= 11 is 0. The van der Waals surface area contributed by atoms with Gasteiger partial charge in [-0.3, -0.25) is 9.89 Å². The maximum absolute atomic E-state index is 11.9. The minimum Gasteiger partial charge on any atom is -0.393 e. The summed E-state index contributed by atoms with van der Waals surface area (Å²) in [7, 11) is 0. The molecule has 1 aromatic heterocycles. The first kappa shape index (κ1) is 10.2. The number of carbonyl (C=O) groups excluding carboxylic acids is 1. The quantitative estimate of drug-likeness (QED) is 0.699. The molecule has 1 saturated heterocycles. The molecule has 0 atom stereocenters. The Kier molecular flexibility index (Phi) is 2.73. The third-order valence-corrected chi connectivity index (χ3v) is 2.68. The normalized spacial score (nSPS) is 18.1. The van der Waals surface area contributed by atoms with Gasteiger partial charge in [-0.25, -0.2) is 0 Å². The number of likely N-dealkylation sites (tertiary alicyclic amines) is 1. The summed E-state index contributed by atoms with van der Waals surface area (Å²) in [5.74, 6) is -0.0498. The predicted molar refractivity (Wildman–Crippen MR) is 54.5 cm³/mol. The molecule has 1 aliphatic rings. The zero-order valence-corrected chi connectivity index (χ0v) is 8.73. The largest absolute Gasteiger partial charge is 0.393 e. The molecule has 0 radical (unpaired) electrons. The Hall–Kier alpha value is -1.36. The summed E-state index contributed by atoms with van der Waals surface area (Å²) in [4.78, 5) is 13.6. The summed E-state index contributed by atoms with van der Waals surface area (Å²) in [6.07, 6.45) is 1.07. The van der Waals surface area contributed by atoms with Gasteiger partial charge in [-0.15, -0.1) is 0 Å². The molecule has 5 nitrogen and oxygen atoms in total. The number of nitrogens with one attached hydrogen (secondary N) is 1. The fourth-order valence-corrected chi connectivity index (χ4v) is 1.76. The second kappa shape index (κ2) is 4.02. The molecule has 5 heteroatoms. The van der Waals surface area contributed by atoms with Gasteiger partial charge in [-0.1, -0.05) is 0 Å². The van der Waals surface area contributed by atoms with Gasteiger partial charge in [-0.05, 0) is 25.8 Å². The second-order valence-electron chi connectivity index (χ2n) is 3.96. The minimum atomic E-state index is -0.255. The first-order valence-corrected chi connectivity index (χ1v) is 5.16. The highest BCUT2D eigenvalue weighted by molar-refractivity contribution is 5.92. The van der Waals surface area contributed by atoms with Crippen LogP contribution in [0.4, 0.5) is 0 Å². The highest BCUT2D eigenvalue weighted by Crippen LogP contribution is 2.12. The fraction of sp³-hybridized carbons (Fsp3) is 0.600. The summed E-state index contributed by atoms with van der Waals surface area (Å²) < 4.78 is 0. The van der Waals surface area contributed by atoms with Gasteiger partial charge in [0.1, 0.15) is 5.69 Å². The number of aliphatic hydroxyl groups is 1. The average Bonchev–Trinajstić information content (AvgIpc) is 2.65. The highest BCUT2D eigenvalue weighted by Gasteiger charge is 2.23. The van der Waals surface area contributed by atoms with Gasteiger partial charge < -0.3 is 10.0 Å². The monoisotopic (exact) mass is 209 g/mol. The van der Waals surface area contributed by atoms with E-state index in [0.717, 1.165) is 5.69 Å². The number of hydrogen-bond acceptors (Lipinski definition) is 3. The standard InChI is InChI=1S/C10H15N3O2/c1-7-6-9(12-11-7)10(15)13-4-2-8(14)3-5-13/h6,8,14H,2-5H2,1H3,(H,11,12). The first-order chi connectivity index (χ1) is 7.16. The lowest BCUT2D eigenvalue weighted by atomic mass is 10.1. The van der Waals surface area contributed by atoms with E-state index in [-0.39, 0.29) is 12.0 Å². The van der Waals surface area contributed by atoms with Crippen molar-refractivity contribution in [3.8, 4) is 0 Å². The SMILES string of the molecule is Cc1cc(C(=O)N2CCC(O)CC2)n[nH]1. The van der Waals surface area contributed by atoms with E-state index in [1.54, 1.807) is 11.0 Å². The molecule has 0 saturated carbocycles. The van der Waals surface area contributed by atoms with Gasteiger partial charge in [0.05, 0.1) is 6.10 Å². The lowest BCUT2D eigenvalue weighted by Gasteiger charge is -2.28. The van der Waals surface area contributed by atoms with E-state index in [9.17, 15) is 9.90 Å². The van der Waals surface area contributed by atoms with E-state index in [1.165, 1.54) is 0 Å². The van der Waals surface area contributed by atoms with Crippen LogP contribution in [0, 0.1) is 6.92 Å².